The van der Waals surface area contributed by atoms with Gasteiger partial charge in [0.25, 0.3) is 0 Å². The monoisotopic (exact) mass is 357 g/mol. The zero-order valence-corrected chi connectivity index (χ0v) is 15.9. The maximum atomic E-state index is 12.9. The normalized spacial score (nSPS) is 21.0. The Labute approximate surface area is 156 Å². The predicted molar refractivity (Wildman–Crippen MR) is 103 cm³/mol. The van der Waals surface area contributed by atoms with Gasteiger partial charge in [-0.3, -0.25) is 14.5 Å². The second-order valence-corrected chi connectivity index (χ2v) is 7.41. The van der Waals surface area contributed by atoms with E-state index in [1.807, 2.05) is 34.9 Å². The van der Waals surface area contributed by atoms with Crippen molar-refractivity contribution in [3.05, 3.63) is 35.9 Å². The van der Waals surface area contributed by atoms with Crippen molar-refractivity contribution in [2.24, 2.45) is 0 Å². The molecule has 2 fully saturated rings. The topological polar surface area (TPSA) is 43.9 Å². The minimum Gasteiger partial charge on any atom is -0.341 e. The molecule has 2 heterocycles. The molecule has 2 saturated heterocycles. The zero-order chi connectivity index (χ0) is 18.4. The van der Waals surface area contributed by atoms with E-state index in [1.54, 1.807) is 0 Å². The van der Waals surface area contributed by atoms with Crippen molar-refractivity contribution in [2.75, 3.05) is 32.7 Å². The van der Waals surface area contributed by atoms with Crippen LogP contribution in [0.1, 0.15) is 44.6 Å². The molecule has 2 amide bonds. The maximum absolute atomic E-state index is 12.9. The molecule has 5 heteroatoms. The fourth-order valence-corrected chi connectivity index (χ4v) is 4.06. The molecule has 0 N–H and O–H groups in total. The first-order valence-electron chi connectivity index (χ1n) is 10.0. The smallest absolute Gasteiger partial charge is 0.239 e. The Morgan fingerprint density at radius 3 is 2.42 bits per heavy atom. The summed E-state index contributed by atoms with van der Waals surface area (Å²) in [6.45, 7) is 6.30. The van der Waals surface area contributed by atoms with Gasteiger partial charge in [0, 0.05) is 26.2 Å². The second kappa shape index (κ2) is 9.17. The van der Waals surface area contributed by atoms with Crippen LogP contribution in [0.3, 0.4) is 0 Å². The van der Waals surface area contributed by atoms with Crippen LogP contribution in [0.4, 0.5) is 0 Å². The average molecular weight is 357 g/mol. The molecule has 1 unspecified atom stereocenters. The molecule has 2 aliphatic heterocycles. The molecule has 0 saturated carbocycles. The number of rotatable bonds is 6. The lowest BCUT2D eigenvalue weighted by atomic mass is 10.0. The van der Waals surface area contributed by atoms with Gasteiger partial charge < -0.3 is 9.80 Å². The summed E-state index contributed by atoms with van der Waals surface area (Å²) in [5, 5.41) is 0. The van der Waals surface area contributed by atoms with Crippen LogP contribution in [0.2, 0.25) is 0 Å². The highest BCUT2D eigenvalue weighted by Crippen LogP contribution is 2.21. The van der Waals surface area contributed by atoms with Crippen LogP contribution >= 0.6 is 0 Å². The van der Waals surface area contributed by atoms with Crippen LogP contribution < -0.4 is 0 Å². The maximum Gasteiger partial charge on any atom is 0.239 e. The summed E-state index contributed by atoms with van der Waals surface area (Å²) in [5.41, 5.74) is 1.14. The lowest BCUT2D eigenvalue weighted by Gasteiger charge is -2.37. The first-order chi connectivity index (χ1) is 12.7. The summed E-state index contributed by atoms with van der Waals surface area (Å²) in [6.07, 6.45) is 5.25. The summed E-state index contributed by atoms with van der Waals surface area (Å²) in [7, 11) is 0. The third-order valence-corrected chi connectivity index (χ3v) is 5.61. The molecule has 26 heavy (non-hydrogen) atoms. The molecule has 142 valence electrons. The van der Waals surface area contributed by atoms with E-state index >= 15 is 0 Å². The molecule has 5 nitrogen and oxygen atoms in total. The fraction of sp³-hybridized carbons (Fsp3) is 0.619. The summed E-state index contributed by atoms with van der Waals surface area (Å²) in [6, 6.07) is 9.99. The van der Waals surface area contributed by atoms with Gasteiger partial charge in [-0.2, -0.15) is 0 Å². The van der Waals surface area contributed by atoms with Gasteiger partial charge in [0.2, 0.25) is 11.8 Å². The molecule has 0 spiro atoms. The number of likely N-dealkylation sites (tertiary alicyclic amines) is 2. The van der Waals surface area contributed by atoms with Gasteiger partial charge in [0.05, 0.1) is 12.6 Å². The Hall–Kier alpha value is -1.88. The highest BCUT2D eigenvalue weighted by Gasteiger charge is 2.34. The van der Waals surface area contributed by atoms with Gasteiger partial charge in [-0.1, -0.05) is 36.8 Å². The molecule has 0 bridgehead atoms. The minimum atomic E-state index is -0.110. The van der Waals surface area contributed by atoms with Crippen molar-refractivity contribution in [3.8, 4) is 0 Å². The molecular formula is C21H31N3O2. The van der Waals surface area contributed by atoms with Gasteiger partial charge in [-0.05, 0) is 44.7 Å². The Balaban J connectivity index is 1.62. The highest BCUT2D eigenvalue weighted by molar-refractivity contribution is 5.84. The van der Waals surface area contributed by atoms with Gasteiger partial charge in [0.15, 0.2) is 0 Å². The van der Waals surface area contributed by atoms with E-state index in [4.69, 9.17) is 0 Å². The third kappa shape index (κ3) is 4.64. The van der Waals surface area contributed by atoms with E-state index in [2.05, 4.69) is 17.0 Å². The van der Waals surface area contributed by atoms with Crippen LogP contribution in [0.25, 0.3) is 0 Å². The number of piperidine rings is 1. The van der Waals surface area contributed by atoms with Gasteiger partial charge in [-0.15, -0.1) is 0 Å². The van der Waals surface area contributed by atoms with Crippen molar-refractivity contribution in [2.45, 2.75) is 51.6 Å². The van der Waals surface area contributed by atoms with Crippen LogP contribution in [0.15, 0.2) is 30.3 Å². The largest absolute Gasteiger partial charge is 0.341 e. The van der Waals surface area contributed by atoms with Crippen molar-refractivity contribution in [1.82, 2.24) is 14.7 Å². The Kier molecular flexibility index (Phi) is 6.67. The minimum absolute atomic E-state index is 0.110. The van der Waals surface area contributed by atoms with Gasteiger partial charge in [-0.25, -0.2) is 0 Å². The number of nitrogens with zero attached hydrogens (tertiary/aromatic N) is 3. The zero-order valence-electron chi connectivity index (χ0n) is 15.9. The number of hydrogen-bond donors (Lipinski definition) is 0. The molecule has 3 rings (SSSR count). The Morgan fingerprint density at radius 1 is 1.04 bits per heavy atom. The predicted octanol–water partition coefficient (Wildman–Crippen LogP) is 2.51. The van der Waals surface area contributed by atoms with Crippen LogP contribution in [-0.4, -0.2) is 65.3 Å². The number of benzene rings is 1. The lowest BCUT2D eigenvalue weighted by Crippen LogP contribution is -2.53. The first-order valence-corrected chi connectivity index (χ1v) is 10.0. The van der Waals surface area contributed by atoms with E-state index in [0.717, 1.165) is 57.3 Å². The van der Waals surface area contributed by atoms with Gasteiger partial charge >= 0.3 is 0 Å². The van der Waals surface area contributed by atoms with E-state index in [0.29, 0.717) is 19.6 Å². The standard InChI is InChI=1S/C21H31N3O2/c1-2-22(16-18-10-4-3-5-11-18)20(25)17-24-15-7-6-12-19(24)21(26)23-13-8-9-14-23/h3-5,10-11,19H,2,6-9,12-17H2,1H3. The Bertz CT molecular complexity index is 599. The Morgan fingerprint density at radius 2 is 1.73 bits per heavy atom. The molecule has 2 aliphatic rings. The van der Waals surface area contributed by atoms with E-state index in [-0.39, 0.29) is 17.9 Å². The number of amides is 2. The summed E-state index contributed by atoms with van der Waals surface area (Å²) in [4.78, 5) is 31.8. The van der Waals surface area contributed by atoms with E-state index in [9.17, 15) is 9.59 Å². The third-order valence-electron chi connectivity index (χ3n) is 5.61. The van der Waals surface area contributed by atoms with Crippen LogP contribution in [-0.2, 0) is 16.1 Å². The van der Waals surface area contributed by atoms with Crippen molar-refractivity contribution >= 4 is 11.8 Å². The van der Waals surface area contributed by atoms with Crippen LogP contribution in [0, 0.1) is 0 Å². The van der Waals surface area contributed by atoms with Crippen molar-refractivity contribution < 1.29 is 9.59 Å². The number of carbonyl (C=O) groups excluding carboxylic acids is 2. The van der Waals surface area contributed by atoms with Crippen molar-refractivity contribution in [3.63, 3.8) is 0 Å². The molecule has 0 radical (unpaired) electrons. The number of carbonyl (C=O) groups is 2. The lowest BCUT2D eigenvalue weighted by molar-refractivity contribution is -0.140. The SMILES string of the molecule is CCN(Cc1ccccc1)C(=O)CN1CCCCC1C(=O)N1CCCC1. The number of hydrogen-bond acceptors (Lipinski definition) is 3. The summed E-state index contributed by atoms with van der Waals surface area (Å²) < 4.78 is 0. The van der Waals surface area contributed by atoms with E-state index in [1.165, 1.54) is 0 Å². The molecule has 1 atom stereocenters. The fourth-order valence-electron chi connectivity index (χ4n) is 4.06. The highest BCUT2D eigenvalue weighted by atomic mass is 16.2. The quantitative estimate of drug-likeness (QED) is 0.786. The molecule has 1 aromatic carbocycles. The molecule has 0 aliphatic carbocycles. The summed E-state index contributed by atoms with van der Waals surface area (Å²) in [5.74, 6) is 0.360. The van der Waals surface area contributed by atoms with Crippen LogP contribution in [0.5, 0.6) is 0 Å². The summed E-state index contributed by atoms with van der Waals surface area (Å²) >= 11 is 0. The molecular weight excluding hydrogens is 326 g/mol. The molecule has 0 aromatic heterocycles. The second-order valence-electron chi connectivity index (χ2n) is 7.41. The van der Waals surface area contributed by atoms with E-state index < -0.39 is 0 Å². The average Bonchev–Trinajstić information content (AvgIpc) is 3.21. The van der Waals surface area contributed by atoms with Crippen molar-refractivity contribution in [1.29, 1.82) is 0 Å². The van der Waals surface area contributed by atoms with Gasteiger partial charge in [0.1, 0.15) is 0 Å². The first kappa shape index (κ1) is 18.9. The number of likely N-dealkylation sites (N-methyl/N-ethyl adjacent to an activating group) is 1. The molecule has 1 aromatic rings.